The van der Waals surface area contributed by atoms with Crippen molar-refractivity contribution in [2.24, 2.45) is 23.7 Å². The van der Waals surface area contributed by atoms with Gasteiger partial charge in [0.15, 0.2) is 0 Å². The first-order valence-electron chi connectivity index (χ1n) is 12.2. The molecule has 1 aromatic carbocycles. The summed E-state index contributed by atoms with van der Waals surface area (Å²) in [6.07, 6.45) is 11.0. The van der Waals surface area contributed by atoms with Crippen LogP contribution in [0.5, 0.6) is 0 Å². The molecule has 0 saturated heterocycles. The number of hydrogen-bond acceptors (Lipinski definition) is 5. The number of carbonyl (C=O) groups excluding carboxylic acids is 1. The van der Waals surface area contributed by atoms with Gasteiger partial charge in [-0.15, -0.1) is 0 Å². The van der Waals surface area contributed by atoms with E-state index in [1.807, 2.05) is 49.4 Å². The SMILES string of the molecule is CC=CCCC(C(=O)O)C1C(=O)CC(C[N+](=O)[O-])C1C=CC(O)(CCCCC)c1ccccc1. The predicted octanol–water partition coefficient (Wildman–Crippen LogP) is 5.17. The third kappa shape index (κ3) is 7.35. The van der Waals surface area contributed by atoms with Crippen LogP contribution >= 0.6 is 0 Å². The first kappa shape index (κ1) is 27.4. The summed E-state index contributed by atoms with van der Waals surface area (Å²) in [6, 6.07) is 9.21. The van der Waals surface area contributed by atoms with Crippen molar-refractivity contribution in [2.45, 2.75) is 64.4 Å². The fourth-order valence-corrected chi connectivity index (χ4v) is 5.05. The van der Waals surface area contributed by atoms with Crippen molar-refractivity contribution in [3.8, 4) is 0 Å². The summed E-state index contributed by atoms with van der Waals surface area (Å²) in [6.45, 7) is 3.52. The van der Waals surface area contributed by atoms with Gasteiger partial charge >= 0.3 is 5.97 Å². The Morgan fingerprint density at radius 3 is 2.59 bits per heavy atom. The lowest BCUT2D eigenvalue weighted by Crippen LogP contribution is -2.32. The molecule has 0 amide bonds. The third-order valence-electron chi connectivity index (χ3n) is 6.84. The first-order chi connectivity index (χ1) is 16.2. The van der Waals surface area contributed by atoms with Gasteiger partial charge in [0, 0.05) is 23.2 Å². The molecule has 5 atom stereocenters. The standard InChI is InChI=1S/C27H37NO6/c1-3-5-8-14-23(26(30)31)25-22(20(18-24(25)29)19-28(33)34)15-17-27(32,16-11-6-4-2)21-12-9-7-10-13-21/h3,5,7,9-10,12-13,15,17,20,22-23,25,32H,4,6,8,11,14,16,18-19H2,1-2H3,(H,30,31). The van der Waals surface area contributed by atoms with Crippen molar-refractivity contribution < 1.29 is 24.7 Å². The van der Waals surface area contributed by atoms with Crippen LogP contribution < -0.4 is 0 Å². The molecule has 0 spiro atoms. The summed E-state index contributed by atoms with van der Waals surface area (Å²) < 4.78 is 0. The fourth-order valence-electron chi connectivity index (χ4n) is 5.05. The molecular formula is C27H37NO6. The second kappa shape index (κ2) is 13.2. The van der Waals surface area contributed by atoms with E-state index in [9.17, 15) is 29.9 Å². The van der Waals surface area contributed by atoms with Crippen molar-refractivity contribution in [1.29, 1.82) is 0 Å². The number of carboxylic acids is 1. The number of carbonyl (C=O) groups is 2. The lowest BCUT2D eigenvalue weighted by molar-refractivity contribution is -0.489. The molecule has 1 aliphatic carbocycles. The molecule has 1 aromatic rings. The molecule has 2 rings (SSSR count). The minimum Gasteiger partial charge on any atom is -0.481 e. The third-order valence-corrected chi connectivity index (χ3v) is 6.84. The average Bonchev–Trinajstić information content (AvgIpc) is 3.09. The first-order valence-corrected chi connectivity index (χ1v) is 12.2. The van der Waals surface area contributed by atoms with E-state index in [0.717, 1.165) is 19.3 Å². The summed E-state index contributed by atoms with van der Waals surface area (Å²) in [5.41, 5.74) is -0.591. The highest BCUT2D eigenvalue weighted by Crippen LogP contribution is 2.43. The highest BCUT2D eigenvalue weighted by molar-refractivity contribution is 5.89. The Morgan fingerprint density at radius 2 is 2.00 bits per heavy atom. The lowest BCUT2D eigenvalue weighted by Gasteiger charge is -2.28. The smallest absolute Gasteiger partial charge is 0.307 e. The van der Waals surface area contributed by atoms with Gasteiger partial charge in [-0.25, -0.2) is 0 Å². The molecule has 0 heterocycles. The van der Waals surface area contributed by atoms with Crippen molar-refractivity contribution in [2.75, 3.05) is 6.54 Å². The molecule has 0 aliphatic heterocycles. The second-order valence-electron chi connectivity index (χ2n) is 9.25. The molecule has 0 radical (unpaired) electrons. The average molecular weight is 472 g/mol. The Labute approximate surface area is 201 Å². The number of aliphatic hydroxyl groups is 1. The van der Waals surface area contributed by atoms with Gasteiger partial charge in [0.2, 0.25) is 6.54 Å². The molecule has 34 heavy (non-hydrogen) atoms. The lowest BCUT2D eigenvalue weighted by atomic mass is 9.77. The van der Waals surface area contributed by atoms with Crippen molar-refractivity contribution in [3.63, 3.8) is 0 Å². The molecule has 1 aliphatic rings. The van der Waals surface area contributed by atoms with E-state index in [1.165, 1.54) is 0 Å². The topological polar surface area (TPSA) is 118 Å². The molecule has 186 valence electrons. The summed E-state index contributed by atoms with van der Waals surface area (Å²) in [5.74, 6) is -4.30. The summed E-state index contributed by atoms with van der Waals surface area (Å²) in [7, 11) is 0. The monoisotopic (exact) mass is 471 g/mol. The zero-order chi connectivity index (χ0) is 25.1. The second-order valence-corrected chi connectivity index (χ2v) is 9.25. The number of Topliss-reactive ketones (excluding diaryl/α,β-unsaturated/α-hetero) is 1. The maximum Gasteiger partial charge on any atom is 0.307 e. The number of unbranched alkanes of at least 4 members (excludes halogenated alkanes) is 2. The van der Waals surface area contributed by atoms with E-state index in [2.05, 4.69) is 6.92 Å². The normalized spacial score (nSPS) is 23.4. The molecule has 0 aromatic heterocycles. The number of benzene rings is 1. The van der Waals surface area contributed by atoms with Gasteiger partial charge in [-0.3, -0.25) is 19.7 Å². The van der Waals surface area contributed by atoms with Gasteiger partial charge in [0.05, 0.1) is 5.92 Å². The van der Waals surface area contributed by atoms with Crippen LogP contribution in [0.2, 0.25) is 0 Å². The Bertz CT molecular complexity index is 880. The van der Waals surface area contributed by atoms with E-state index >= 15 is 0 Å². The Hall–Kier alpha value is -2.80. The van der Waals surface area contributed by atoms with E-state index in [4.69, 9.17) is 0 Å². The molecule has 7 nitrogen and oxygen atoms in total. The highest BCUT2D eigenvalue weighted by Gasteiger charge is 2.49. The quantitative estimate of drug-likeness (QED) is 0.167. The van der Waals surface area contributed by atoms with Gasteiger partial charge in [0.1, 0.15) is 11.4 Å². The van der Waals surface area contributed by atoms with Crippen molar-refractivity contribution in [1.82, 2.24) is 0 Å². The van der Waals surface area contributed by atoms with E-state index in [0.29, 0.717) is 18.4 Å². The number of aliphatic carboxylic acids is 1. The van der Waals surface area contributed by atoms with E-state index in [1.54, 1.807) is 12.2 Å². The van der Waals surface area contributed by atoms with Crippen molar-refractivity contribution >= 4 is 11.8 Å². The number of hydrogen-bond donors (Lipinski definition) is 2. The van der Waals surface area contributed by atoms with Gasteiger partial charge < -0.3 is 10.2 Å². The van der Waals surface area contributed by atoms with Crippen LogP contribution in [0.4, 0.5) is 0 Å². The molecule has 1 saturated carbocycles. The molecule has 2 N–H and O–H groups in total. The number of nitro groups is 1. The van der Waals surface area contributed by atoms with Gasteiger partial charge in [0.25, 0.3) is 0 Å². The van der Waals surface area contributed by atoms with E-state index in [-0.39, 0.29) is 18.6 Å². The number of carboxylic acid groups (broad SMARTS) is 1. The minimum atomic E-state index is -1.30. The van der Waals surface area contributed by atoms with Crippen LogP contribution in [0.3, 0.4) is 0 Å². The predicted molar refractivity (Wildman–Crippen MR) is 131 cm³/mol. The van der Waals surface area contributed by atoms with Crippen molar-refractivity contribution in [3.05, 3.63) is 70.3 Å². The van der Waals surface area contributed by atoms with Gasteiger partial charge in [-0.2, -0.15) is 0 Å². The van der Waals surface area contributed by atoms with Gasteiger partial charge in [-0.05, 0) is 44.1 Å². The van der Waals surface area contributed by atoms with Crippen LogP contribution in [0.25, 0.3) is 0 Å². The summed E-state index contributed by atoms with van der Waals surface area (Å²) >= 11 is 0. The fraction of sp³-hybridized carbons (Fsp3) is 0.556. The molecule has 5 unspecified atom stereocenters. The number of nitrogens with zero attached hydrogens (tertiary/aromatic N) is 1. The van der Waals surface area contributed by atoms with Gasteiger partial charge in [-0.1, -0.05) is 74.4 Å². The molecule has 7 heteroatoms. The summed E-state index contributed by atoms with van der Waals surface area (Å²) in [4.78, 5) is 36.0. The zero-order valence-corrected chi connectivity index (χ0v) is 20.1. The van der Waals surface area contributed by atoms with Crippen LogP contribution in [0.15, 0.2) is 54.6 Å². The van der Waals surface area contributed by atoms with Crippen LogP contribution in [0, 0.1) is 33.8 Å². The minimum absolute atomic E-state index is 0.0202. The summed E-state index contributed by atoms with van der Waals surface area (Å²) in [5, 5.41) is 32.8. The Morgan fingerprint density at radius 1 is 1.29 bits per heavy atom. The zero-order valence-electron chi connectivity index (χ0n) is 20.1. The van der Waals surface area contributed by atoms with Crippen LogP contribution in [-0.2, 0) is 15.2 Å². The number of rotatable bonds is 14. The Balaban J connectivity index is 2.44. The maximum absolute atomic E-state index is 13.0. The molecule has 1 fully saturated rings. The van der Waals surface area contributed by atoms with E-state index < -0.39 is 46.7 Å². The number of allylic oxidation sites excluding steroid dienone is 3. The number of ketones is 1. The van der Waals surface area contributed by atoms with Crippen LogP contribution in [-0.4, -0.2) is 33.4 Å². The van der Waals surface area contributed by atoms with Crippen LogP contribution in [0.1, 0.15) is 64.4 Å². The molecule has 0 bridgehead atoms. The Kier molecular flexibility index (Phi) is 10.6. The highest BCUT2D eigenvalue weighted by atomic mass is 16.6. The molecular weight excluding hydrogens is 434 g/mol. The largest absolute Gasteiger partial charge is 0.481 e. The maximum atomic E-state index is 13.0.